The average Bonchev–Trinajstić information content (AvgIpc) is 3.17. The molecule has 31 heavy (non-hydrogen) atoms. The lowest BCUT2D eigenvalue weighted by molar-refractivity contribution is -0.137. The number of nitrogens with zero attached hydrogens (tertiary/aromatic N) is 5. The highest BCUT2D eigenvalue weighted by Gasteiger charge is 2.32. The molecule has 0 bridgehead atoms. The first-order chi connectivity index (χ1) is 14.6. The van der Waals surface area contributed by atoms with Gasteiger partial charge in [-0.2, -0.15) is 17.9 Å². The molecular formula is C18H14ClF3N6O3. The number of anilines is 1. The quantitative estimate of drug-likeness (QED) is 0.589. The van der Waals surface area contributed by atoms with E-state index in [2.05, 4.69) is 30.1 Å². The first kappa shape index (κ1) is 22.2. The van der Waals surface area contributed by atoms with E-state index in [4.69, 9.17) is 11.6 Å². The first-order valence-corrected chi connectivity index (χ1v) is 8.99. The summed E-state index contributed by atoms with van der Waals surface area (Å²) in [6.45, 7) is 1.43. The molecule has 1 unspecified atom stereocenters. The summed E-state index contributed by atoms with van der Waals surface area (Å²) in [7, 11) is 1.13. The topological polar surface area (TPSA) is 112 Å². The number of hydrogen-bond donors (Lipinski definition) is 1. The van der Waals surface area contributed by atoms with Gasteiger partial charge in [-0.25, -0.2) is 19.7 Å². The van der Waals surface area contributed by atoms with Crippen molar-refractivity contribution >= 4 is 29.2 Å². The van der Waals surface area contributed by atoms with Gasteiger partial charge in [0.15, 0.2) is 0 Å². The monoisotopic (exact) mass is 454 g/mol. The Labute approximate surface area is 178 Å². The van der Waals surface area contributed by atoms with Gasteiger partial charge in [-0.05, 0) is 31.2 Å². The van der Waals surface area contributed by atoms with Crippen LogP contribution in [0.2, 0.25) is 5.02 Å². The van der Waals surface area contributed by atoms with Crippen molar-refractivity contribution in [2.24, 2.45) is 0 Å². The molecule has 3 aromatic rings. The van der Waals surface area contributed by atoms with Crippen LogP contribution in [0.15, 0.2) is 36.7 Å². The van der Waals surface area contributed by atoms with Gasteiger partial charge < -0.3 is 10.1 Å². The summed E-state index contributed by atoms with van der Waals surface area (Å²) in [6.07, 6.45) is -1.81. The predicted molar refractivity (Wildman–Crippen MR) is 102 cm³/mol. The molecule has 1 atom stereocenters. The van der Waals surface area contributed by atoms with Crippen LogP contribution in [0.3, 0.4) is 0 Å². The van der Waals surface area contributed by atoms with E-state index in [1.54, 1.807) is 6.07 Å². The number of esters is 1. The average molecular weight is 455 g/mol. The van der Waals surface area contributed by atoms with Crippen LogP contribution in [0, 0.1) is 0 Å². The second kappa shape index (κ2) is 8.68. The van der Waals surface area contributed by atoms with Crippen molar-refractivity contribution in [3.63, 3.8) is 0 Å². The fourth-order valence-corrected chi connectivity index (χ4v) is 2.76. The van der Waals surface area contributed by atoms with Gasteiger partial charge in [-0.3, -0.25) is 4.79 Å². The van der Waals surface area contributed by atoms with Gasteiger partial charge >= 0.3 is 12.1 Å². The molecule has 3 rings (SSSR count). The molecule has 1 aromatic carbocycles. The number of benzene rings is 1. The number of alkyl halides is 3. The highest BCUT2D eigenvalue weighted by molar-refractivity contribution is 6.31. The van der Waals surface area contributed by atoms with Crippen molar-refractivity contribution in [2.75, 3.05) is 12.4 Å². The van der Waals surface area contributed by atoms with Crippen molar-refractivity contribution in [3.8, 4) is 5.95 Å². The molecule has 0 aliphatic heterocycles. The van der Waals surface area contributed by atoms with E-state index in [0.29, 0.717) is 0 Å². The Kier molecular flexibility index (Phi) is 6.20. The summed E-state index contributed by atoms with van der Waals surface area (Å²) in [4.78, 5) is 36.6. The molecule has 0 radical (unpaired) electrons. The number of nitrogens with one attached hydrogen (secondary N) is 1. The van der Waals surface area contributed by atoms with Crippen LogP contribution in [0.25, 0.3) is 5.95 Å². The van der Waals surface area contributed by atoms with E-state index in [-0.39, 0.29) is 28.3 Å². The molecule has 0 spiro atoms. The number of ether oxygens (including phenoxy) is 1. The van der Waals surface area contributed by atoms with E-state index in [1.165, 1.54) is 25.4 Å². The molecule has 0 saturated heterocycles. The Morgan fingerprint density at radius 2 is 1.87 bits per heavy atom. The maximum absolute atomic E-state index is 13.0. The lowest BCUT2D eigenvalue weighted by Gasteiger charge is -2.14. The van der Waals surface area contributed by atoms with Crippen molar-refractivity contribution in [3.05, 3.63) is 58.9 Å². The van der Waals surface area contributed by atoms with E-state index < -0.39 is 29.5 Å². The molecule has 2 aromatic heterocycles. The van der Waals surface area contributed by atoms with Crippen molar-refractivity contribution in [1.82, 2.24) is 24.7 Å². The third-order valence-electron chi connectivity index (χ3n) is 4.01. The lowest BCUT2D eigenvalue weighted by Crippen LogP contribution is -2.23. The molecule has 0 aliphatic carbocycles. The zero-order valence-corrected chi connectivity index (χ0v) is 16.8. The molecule has 2 heterocycles. The van der Waals surface area contributed by atoms with Gasteiger partial charge in [0.25, 0.3) is 11.8 Å². The Morgan fingerprint density at radius 3 is 2.48 bits per heavy atom. The Balaban J connectivity index is 1.95. The van der Waals surface area contributed by atoms with Gasteiger partial charge in [0.1, 0.15) is 5.82 Å². The summed E-state index contributed by atoms with van der Waals surface area (Å²) in [5.74, 6) is -2.98. The van der Waals surface area contributed by atoms with Gasteiger partial charge in [-0.1, -0.05) is 11.6 Å². The lowest BCUT2D eigenvalue weighted by atomic mass is 10.1. The van der Waals surface area contributed by atoms with Gasteiger partial charge in [0.2, 0.25) is 5.91 Å². The van der Waals surface area contributed by atoms with Gasteiger partial charge in [0, 0.05) is 23.1 Å². The molecule has 0 aliphatic rings. The standard InChI is InChI=1S/C18H14ClF3N6O3/c1-9(15(29)25-12-7-10(18(20,21)22)6-11(19)8-12)14-26-13(16(30)31-2)27-28(14)17-23-4-3-5-24-17/h3-9H,1-2H3,(H,25,29). The van der Waals surface area contributed by atoms with Crippen molar-refractivity contribution in [2.45, 2.75) is 19.0 Å². The Morgan fingerprint density at radius 1 is 1.19 bits per heavy atom. The fraction of sp³-hybridized carbons (Fsp3) is 0.222. The third kappa shape index (κ3) is 4.97. The maximum Gasteiger partial charge on any atom is 0.416 e. The van der Waals surface area contributed by atoms with Gasteiger partial charge in [0.05, 0.1) is 18.6 Å². The molecule has 0 fully saturated rings. The zero-order chi connectivity index (χ0) is 22.8. The largest absolute Gasteiger partial charge is 0.463 e. The normalized spacial score (nSPS) is 12.3. The number of methoxy groups -OCH3 is 1. The predicted octanol–water partition coefficient (Wildman–Crippen LogP) is 3.26. The first-order valence-electron chi connectivity index (χ1n) is 8.61. The zero-order valence-electron chi connectivity index (χ0n) is 16.0. The molecule has 9 nitrogen and oxygen atoms in total. The Hall–Kier alpha value is -3.54. The summed E-state index contributed by atoms with van der Waals surface area (Å²) in [5, 5.41) is 6.14. The van der Waals surface area contributed by atoms with Crippen LogP contribution in [-0.2, 0) is 15.7 Å². The molecule has 1 N–H and O–H groups in total. The summed E-state index contributed by atoms with van der Waals surface area (Å²) < 4.78 is 44.7. The number of aromatic nitrogens is 5. The second-order valence-electron chi connectivity index (χ2n) is 6.18. The van der Waals surface area contributed by atoms with E-state index >= 15 is 0 Å². The summed E-state index contributed by atoms with van der Waals surface area (Å²) >= 11 is 5.75. The third-order valence-corrected chi connectivity index (χ3v) is 4.23. The van der Waals surface area contributed by atoms with Crippen LogP contribution in [0.4, 0.5) is 18.9 Å². The molecule has 0 saturated carbocycles. The summed E-state index contributed by atoms with van der Waals surface area (Å²) in [5.41, 5.74) is -1.18. The van der Waals surface area contributed by atoms with Crippen LogP contribution in [0.1, 0.15) is 34.8 Å². The maximum atomic E-state index is 13.0. The minimum Gasteiger partial charge on any atom is -0.463 e. The van der Waals surface area contributed by atoms with Crippen LogP contribution in [0.5, 0.6) is 0 Å². The molecular weight excluding hydrogens is 441 g/mol. The second-order valence-corrected chi connectivity index (χ2v) is 6.62. The highest BCUT2D eigenvalue weighted by atomic mass is 35.5. The van der Waals surface area contributed by atoms with Crippen LogP contribution in [-0.4, -0.2) is 43.7 Å². The number of hydrogen-bond acceptors (Lipinski definition) is 7. The number of amides is 1. The van der Waals surface area contributed by atoms with Crippen LogP contribution < -0.4 is 5.32 Å². The molecule has 13 heteroatoms. The van der Waals surface area contributed by atoms with E-state index in [1.807, 2.05) is 0 Å². The molecule has 162 valence electrons. The minimum absolute atomic E-state index is 0.0258. The SMILES string of the molecule is COC(=O)c1nc(C(C)C(=O)Nc2cc(Cl)cc(C(F)(F)F)c2)n(-c2ncccn2)n1. The smallest absolute Gasteiger partial charge is 0.416 e. The number of rotatable bonds is 5. The highest BCUT2D eigenvalue weighted by Crippen LogP contribution is 2.33. The molecule has 1 amide bonds. The van der Waals surface area contributed by atoms with E-state index in [9.17, 15) is 22.8 Å². The number of carbonyl (C=O) groups is 2. The van der Waals surface area contributed by atoms with Crippen LogP contribution >= 0.6 is 11.6 Å². The van der Waals surface area contributed by atoms with Crippen molar-refractivity contribution < 1.29 is 27.5 Å². The minimum atomic E-state index is -4.64. The van der Waals surface area contributed by atoms with Crippen molar-refractivity contribution in [1.29, 1.82) is 0 Å². The Bertz CT molecular complexity index is 1120. The number of halogens is 4. The van der Waals surface area contributed by atoms with Gasteiger partial charge in [-0.15, -0.1) is 5.10 Å². The fourth-order valence-electron chi connectivity index (χ4n) is 2.52. The summed E-state index contributed by atoms with van der Waals surface area (Å²) in [6, 6.07) is 4.22. The van der Waals surface area contributed by atoms with E-state index in [0.717, 1.165) is 23.9 Å². The number of carbonyl (C=O) groups excluding carboxylic acids is 2.